The largest absolute Gasteiger partial charge is 0.491 e. The van der Waals surface area contributed by atoms with E-state index in [1.807, 2.05) is 13.8 Å². The van der Waals surface area contributed by atoms with Crippen LogP contribution in [0.25, 0.3) is 0 Å². The highest BCUT2D eigenvalue weighted by molar-refractivity contribution is 5.37. The quantitative estimate of drug-likeness (QED) is 0.885. The van der Waals surface area contributed by atoms with Crippen molar-refractivity contribution in [2.75, 3.05) is 0 Å². The molecule has 0 saturated heterocycles. The zero-order chi connectivity index (χ0) is 13.1. The second kappa shape index (κ2) is 5.40. The Bertz CT molecular complexity index is 377. The first-order valence-corrected chi connectivity index (χ1v) is 5.45. The lowest BCUT2D eigenvalue weighted by molar-refractivity contribution is -0.138. The molecule has 0 amide bonds. The first-order valence-electron chi connectivity index (χ1n) is 5.45. The van der Waals surface area contributed by atoms with Crippen molar-refractivity contribution in [3.05, 3.63) is 29.3 Å². The molecule has 5 heteroatoms. The van der Waals surface area contributed by atoms with Crippen molar-refractivity contribution in [1.82, 2.24) is 0 Å². The van der Waals surface area contributed by atoms with Crippen LogP contribution in [0.4, 0.5) is 13.2 Å². The van der Waals surface area contributed by atoms with Gasteiger partial charge in [-0.05, 0) is 37.1 Å². The maximum Gasteiger partial charge on any atom is 0.416 e. The Morgan fingerprint density at radius 2 is 2.00 bits per heavy atom. The van der Waals surface area contributed by atoms with Gasteiger partial charge in [-0.25, -0.2) is 0 Å². The highest BCUT2D eigenvalue weighted by atomic mass is 19.4. The summed E-state index contributed by atoms with van der Waals surface area (Å²) in [7, 11) is 0. The number of ether oxygens (including phenoxy) is 1. The van der Waals surface area contributed by atoms with Gasteiger partial charge in [-0.15, -0.1) is 0 Å². The van der Waals surface area contributed by atoms with Gasteiger partial charge in [-0.3, -0.25) is 0 Å². The van der Waals surface area contributed by atoms with Crippen molar-refractivity contribution in [2.45, 2.75) is 39.1 Å². The fourth-order valence-corrected chi connectivity index (χ4v) is 1.40. The molecule has 1 rings (SSSR count). The van der Waals surface area contributed by atoms with Crippen LogP contribution in [0.2, 0.25) is 0 Å². The average Bonchev–Trinajstić information content (AvgIpc) is 2.27. The van der Waals surface area contributed by atoms with Gasteiger partial charge in [0.1, 0.15) is 5.75 Å². The molecule has 1 unspecified atom stereocenters. The molecule has 17 heavy (non-hydrogen) atoms. The summed E-state index contributed by atoms with van der Waals surface area (Å²) in [6.07, 6.45) is -3.61. The van der Waals surface area contributed by atoms with Crippen LogP contribution in [-0.4, -0.2) is 6.10 Å². The standard InChI is InChI=1S/C12H16F3NO/c1-3-8(2)17-10-4-5-11(12(13,14)15)9(6-10)7-16/h4-6,8H,3,7,16H2,1-2H3. The third-order valence-electron chi connectivity index (χ3n) is 2.51. The highest BCUT2D eigenvalue weighted by Crippen LogP contribution is 2.33. The van der Waals surface area contributed by atoms with E-state index in [1.54, 1.807) is 0 Å². The summed E-state index contributed by atoms with van der Waals surface area (Å²) in [4.78, 5) is 0. The molecular formula is C12H16F3NO. The average molecular weight is 247 g/mol. The van der Waals surface area contributed by atoms with Gasteiger partial charge in [0.25, 0.3) is 0 Å². The van der Waals surface area contributed by atoms with Crippen molar-refractivity contribution >= 4 is 0 Å². The van der Waals surface area contributed by atoms with Gasteiger partial charge in [-0.2, -0.15) is 13.2 Å². The maximum absolute atomic E-state index is 12.6. The third kappa shape index (κ3) is 3.63. The Morgan fingerprint density at radius 1 is 1.35 bits per heavy atom. The van der Waals surface area contributed by atoms with Crippen molar-refractivity contribution < 1.29 is 17.9 Å². The van der Waals surface area contributed by atoms with Gasteiger partial charge < -0.3 is 10.5 Å². The molecule has 0 saturated carbocycles. The molecule has 0 radical (unpaired) electrons. The van der Waals surface area contributed by atoms with Crippen LogP contribution in [0.3, 0.4) is 0 Å². The van der Waals surface area contributed by atoms with E-state index in [-0.39, 0.29) is 18.2 Å². The molecule has 0 aliphatic heterocycles. The molecular weight excluding hydrogens is 231 g/mol. The lowest BCUT2D eigenvalue weighted by Gasteiger charge is -2.16. The zero-order valence-corrected chi connectivity index (χ0v) is 9.84. The Morgan fingerprint density at radius 3 is 2.47 bits per heavy atom. The van der Waals surface area contributed by atoms with E-state index in [0.717, 1.165) is 12.5 Å². The van der Waals surface area contributed by atoms with E-state index in [9.17, 15) is 13.2 Å². The SMILES string of the molecule is CCC(C)Oc1ccc(C(F)(F)F)c(CN)c1. The first-order chi connectivity index (χ1) is 7.88. The normalized spacial score (nSPS) is 13.5. The van der Waals surface area contributed by atoms with Crippen LogP contribution in [0.15, 0.2) is 18.2 Å². The predicted molar refractivity (Wildman–Crippen MR) is 59.7 cm³/mol. The molecule has 1 atom stereocenters. The van der Waals surface area contributed by atoms with Crippen LogP contribution >= 0.6 is 0 Å². The first kappa shape index (κ1) is 13.8. The summed E-state index contributed by atoms with van der Waals surface area (Å²) in [5, 5.41) is 0. The number of halogens is 3. The molecule has 0 bridgehead atoms. The van der Waals surface area contributed by atoms with Gasteiger partial charge >= 0.3 is 6.18 Å². The minimum atomic E-state index is -4.37. The predicted octanol–water partition coefficient (Wildman–Crippen LogP) is 3.34. The summed E-state index contributed by atoms with van der Waals surface area (Å²) in [6, 6.07) is 3.70. The molecule has 0 spiro atoms. The number of nitrogens with two attached hydrogens (primary N) is 1. The van der Waals surface area contributed by atoms with Crippen LogP contribution in [0.5, 0.6) is 5.75 Å². The summed E-state index contributed by atoms with van der Waals surface area (Å²) in [5.41, 5.74) is 4.68. The number of hydrogen-bond acceptors (Lipinski definition) is 2. The number of benzene rings is 1. The number of rotatable bonds is 4. The lowest BCUT2D eigenvalue weighted by atomic mass is 10.1. The molecule has 0 heterocycles. The van der Waals surface area contributed by atoms with Crippen molar-refractivity contribution in [3.8, 4) is 5.75 Å². The van der Waals surface area contributed by atoms with E-state index in [4.69, 9.17) is 10.5 Å². The summed E-state index contributed by atoms with van der Waals surface area (Å²) >= 11 is 0. The van der Waals surface area contributed by atoms with Crippen LogP contribution in [0, 0.1) is 0 Å². The number of alkyl halides is 3. The molecule has 2 N–H and O–H groups in total. The van der Waals surface area contributed by atoms with E-state index in [0.29, 0.717) is 5.75 Å². The topological polar surface area (TPSA) is 35.2 Å². The van der Waals surface area contributed by atoms with Crippen LogP contribution in [-0.2, 0) is 12.7 Å². The van der Waals surface area contributed by atoms with Crippen LogP contribution in [0.1, 0.15) is 31.4 Å². The maximum atomic E-state index is 12.6. The second-order valence-corrected chi connectivity index (χ2v) is 3.86. The molecule has 1 aromatic carbocycles. The zero-order valence-electron chi connectivity index (χ0n) is 9.84. The molecule has 0 aliphatic rings. The van der Waals surface area contributed by atoms with E-state index in [2.05, 4.69) is 0 Å². The van der Waals surface area contributed by atoms with Gasteiger partial charge in [0.05, 0.1) is 11.7 Å². The van der Waals surface area contributed by atoms with E-state index < -0.39 is 11.7 Å². The Hall–Kier alpha value is -1.23. The summed E-state index contributed by atoms with van der Waals surface area (Å²) < 4.78 is 43.2. The minimum Gasteiger partial charge on any atom is -0.491 e. The van der Waals surface area contributed by atoms with Crippen molar-refractivity contribution in [3.63, 3.8) is 0 Å². The minimum absolute atomic E-state index is 0.0302. The fraction of sp³-hybridized carbons (Fsp3) is 0.500. The fourth-order valence-electron chi connectivity index (χ4n) is 1.40. The molecule has 0 fully saturated rings. The van der Waals surface area contributed by atoms with Gasteiger partial charge in [0, 0.05) is 6.54 Å². The van der Waals surface area contributed by atoms with Gasteiger partial charge in [0.15, 0.2) is 0 Å². The molecule has 2 nitrogen and oxygen atoms in total. The van der Waals surface area contributed by atoms with Crippen LogP contribution < -0.4 is 10.5 Å². The second-order valence-electron chi connectivity index (χ2n) is 3.86. The number of hydrogen-bond donors (Lipinski definition) is 1. The highest BCUT2D eigenvalue weighted by Gasteiger charge is 2.33. The summed E-state index contributed by atoms with van der Waals surface area (Å²) in [5.74, 6) is 0.424. The van der Waals surface area contributed by atoms with Gasteiger partial charge in [0.2, 0.25) is 0 Å². The molecule has 96 valence electrons. The Balaban J connectivity index is 3.01. The van der Waals surface area contributed by atoms with Crippen molar-refractivity contribution in [1.29, 1.82) is 0 Å². The lowest BCUT2D eigenvalue weighted by Crippen LogP contribution is -2.14. The third-order valence-corrected chi connectivity index (χ3v) is 2.51. The Kier molecular flexibility index (Phi) is 4.40. The van der Waals surface area contributed by atoms with Gasteiger partial charge in [-0.1, -0.05) is 6.92 Å². The van der Waals surface area contributed by atoms with E-state index in [1.165, 1.54) is 12.1 Å². The smallest absolute Gasteiger partial charge is 0.416 e. The van der Waals surface area contributed by atoms with Crippen molar-refractivity contribution in [2.24, 2.45) is 5.73 Å². The molecule has 0 aliphatic carbocycles. The Labute approximate surface area is 98.6 Å². The summed E-state index contributed by atoms with van der Waals surface area (Å²) in [6.45, 7) is 3.64. The van der Waals surface area contributed by atoms with E-state index >= 15 is 0 Å². The monoisotopic (exact) mass is 247 g/mol. The molecule has 1 aromatic rings. The molecule has 0 aromatic heterocycles.